The number of hydrogen-bond donors (Lipinski definition) is 2. The number of allylic oxidation sites excluding steroid dienone is 2. The summed E-state index contributed by atoms with van der Waals surface area (Å²) in [6, 6.07) is 2.77. The predicted octanol–water partition coefficient (Wildman–Crippen LogP) is 3.99. The second kappa shape index (κ2) is 21.6. The van der Waals surface area contributed by atoms with Crippen LogP contribution in [0.25, 0.3) is 0 Å². The minimum absolute atomic E-state index is 0.0507. The van der Waals surface area contributed by atoms with Gasteiger partial charge in [-0.25, -0.2) is 0 Å². The zero-order chi connectivity index (χ0) is 54.6. The summed E-state index contributed by atoms with van der Waals surface area (Å²) in [4.78, 5) is 106. The van der Waals surface area contributed by atoms with Gasteiger partial charge in [-0.2, -0.15) is 0 Å². The molecule has 1 aromatic rings. The summed E-state index contributed by atoms with van der Waals surface area (Å²) >= 11 is 0. The number of Topliss-reactive ketones (excluding diaryl/α,β-unsaturated/α-hetero) is 3. The topological polar surface area (TPSA) is 288 Å². The van der Waals surface area contributed by atoms with Crippen molar-refractivity contribution in [1.29, 1.82) is 0 Å². The number of esters is 5. The number of aliphatic hydroxyl groups is 2. The Balaban J connectivity index is 1.06. The molecule has 22 nitrogen and oxygen atoms in total. The Labute approximate surface area is 432 Å². The molecule has 4 aliphatic heterocycles. The van der Waals surface area contributed by atoms with Crippen LogP contribution in [0.5, 0.6) is 5.75 Å². The van der Waals surface area contributed by atoms with E-state index in [-0.39, 0.29) is 53.7 Å². The van der Waals surface area contributed by atoms with Gasteiger partial charge in [0.2, 0.25) is 0 Å². The maximum atomic E-state index is 15.2. The second-order valence-electron chi connectivity index (χ2n) is 20.8. The van der Waals surface area contributed by atoms with Crippen LogP contribution in [0.3, 0.4) is 0 Å². The van der Waals surface area contributed by atoms with Crippen molar-refractivity contribution in [2.45, 2.75) is 223 Å². The van der Waals surface area contributed by atoms with Gasteiger partial charge in [0.25, 0.3) is 0 Å². The summed E-state index contributed by atoms with van der Waals surface area (Å²) in [6.07, 6.45) is -9.26. The van der Waals surface area contributed by atoms with Crippen LogP contribution in [-0.4, -0.2) is 154 Å². The highest BCUT2D eigenvalue weighted by Crippen LogP contribution is 2.55. The van der Waals surface area contributed by atoms with E-state index in [9.17, 15) is 39.0 Å². The third kappa shape index (κ3) is 11.3. The van der Waals surface area contributed by atoms with E-state index >= 15 is 9.59 Å². The van der Waals surface area contributed by atoms with Crippen molar-refractivity contribution in [2.75, 3.05) is 0 Å². The van der Waals surface area contributed by atoms with Gasteiger partial charge in [0.1, 0.15) is 29.7 Å². The molecular formula is C53H66O22. The number of fused-ring (bicyclic) bond motifs is 3. The lowest BCUT2D eigenvalue weighted by molar-refractivity contribution is -0.308. The van der Waals surface area contributed by atoms with E-state index in [1.54, 1.807) is 27.7 Å². The Kier molecular flexibility index (Phi) is 16.1. The highest BCUT2D eigenvalue weighted by atomic mass is 16.7. The van der Waals surface area contributed by atoms with Crippen molar-refractivity contribution in [3.05, 3.63) is 52.1 Å². The largest absolute Gasteiger partial charge is 0.460 e. The summed E-state index contributed by atoms with van der Waals surface area (Å²) < 4.78 is 72.3. The Bertz CT molecular complexity index is 2550. The lowest BCUT2D eigenvalue weighted by Crippen LogP contribution is -2.71. The standard InChI is InChI=1S/C53H66O22/c1-23-35(68-27(5)54)14-16-42(66-23)75-53-40(59)21-51(10,62)22-52(53,63)18-17-34-45(53)47(61)33-12-11-32(50(72-31(9)58)44(33)46(34)60)37-19-38(48(25(3)64-37)70-29(7)56)74-41-15-13-36(24(2)65-41)73-43-20-39(69-28(6)55)49(26(4)67-43)71-30(8)57/h11-12,17-18,23-26,35-39,41-43,48-49,62-63H,13-16,19-22H2,1-10H3. The minimum atomic E-state index is -2.57. The molecule has 4 heterocycles. The first kappa shape index (κ1) is 55.9. The Morgan fingerprint density at radius 3 is 1.80 bits per heavy atom. The number of benzene rings is 1. The van der Waals surface area contributed by atoms with Gasteiger partial charge in [-0.3, -0.25) is 38.4 Å². The van der Waals surface area contributed by atoms with Crippen LogP contribution in [-0.2, 0) is 80.9 Å². The van der Waals surface area contributed by atoms with Gasteiger partial charge in [0.15, 0.2) is 54.0 Å². The zero-order valence-corrected chi connectivity index (χ0v) is 43.6. The maximum absolute atomic E-state index is 15.2. The van der Waals surface area contributed by atoms with Crippen LogP contribution in [0.4, 0.5) is 0 Å². The van der Waals surface area contributed by atoms with Crippen LogP contribution < -0.4 is 4.74 Å². The molecule has 0 bridgehead atoms. The first-order valence-electron chi connectivity index (χ1n) is 25.4. The fourth-order valence-corrected chi connectivity index (χ4v) is 11.7. The van der Waals surface area contributed by atoms with Crippen molar-refractivity contribution in [1.82, 2.24) is 0 Å². The number of ether oxygens (including phenoxy) is 12. The molecule has 17 atom stereocenters. The summed E-state index contributed by atoms with van der Waals surface area (Å²) in [5.74, 6) is -6.09. The van der Waals surface area contributed by atoms with E-state index in [1.165, 1.54) is 52.8 Å². The molecule has 0 spiro atoms. The molecule has 0 amide bonds. The Morgan fingerprint density at radius 2 is 1.17 bits per heavy atom. The number of ketones is 3. The normalized spacial score (nSPS) is 38.6. The molecule has 17 unspecified atom stereocenters. The molecule has 22 heteroatoms. The van der Waals surface area contributed by atoms with Crippen LogP contribution in [0.1, 0.15) is 153 Å². The molecule has 0 radical (unpaired) electrons. The maximum Gasteiger partial charge on any atom is 0.308 e. The molecular weight excluding hydrogens is 989 g/mol. The summed E-state index contributed by atoms with van der Waals surface area (Å²) in [5, 5.41) is 23.8. The quantitative estimate of drug-likeness (QED) is 0.170. The SMILES string of the molecule is CC(=O)Oc1c(C2CC(OC3CCC(OC4CC(OC(C)=O)C(OC(C)=O)C(C)O4)C(C)O3)C(OC(C)=O)C(C)O2)ccc2c1C(=O)C1=C(C2=O)C2(OC3CCC(OC(C)=O)C(C)O3)C(=O)CC(C)(O)CC2(O)C=C1. The van der Waals surface area contributed by atoms with Crippen LogP contribution in [0, 0.1) is 0 Å². The van der Waals surface area contributed by atoms with Crippen molar-refractivity contribution in [2.24, 2.45) is 0 Å². The van der Waals surface area contributed by atoms with Crippen molar-refractivity contribution < 1.29 is 105 Å². The van der Waals surface area contributed by atoms with Crippen molar-refractivity contribution >= 4 is 47.2 Å². The first-order chi connectivity index (χ1) is 35.2. The minimum Gasteiger partial charge on any atom is -0.460 e. The lowest BCUT2D eigenvalue weighted by atomic mass is 9.57. The number of hydrogen-bond acceptors (Lipinski definition) is 22. The molecule has 2 N–H and O–H groups in total. The van der Waals surface area contributed by atoms with E-state index in [1.807, 2.05) is 0 Å². The average molecular weight is 1060 g/mol. The van der Waals surface area contributed by atoms with Crippen LogP contribution in [0.2, 0.25) is 0 Å². The summed E-state index contributed by atoms with van der Waals surface area (Å²) in [7, 11) is 0. The first-order valence-corrected chi connectivity index (χ1v) is 25.4. The highest BCUT2D eigenvalue weighted by molar-refractivity contribution is 6.32. The van der Waals surface area contributed by atoms with Gasteiger partial charge in [0, 0.05) is 89.8 Å². The molecule has 75 heavy (non-hydrogen) atoms. The van der Waals surface area contributed by atoms with Gasteiger partial charge in [-0.1, -0.05) is 12.1 Å². The van der Waals surface area contributed by atoms with E-state index in [0.29, 0.717) is 12.8 Å². The Hall–Kier alpha value is -5.30. The van der Waals surface area contributed by atoms with Gasteiger partial charge in [-0.15, -0.1) is 0 Å². The van der Waals surface area contributed by atoms with E-state index in [4.69, 9.17) is 56.8 Å². The predicted molar refractivity (Wildman–Crippen MR) is 252 cm³/mol. The Morgan fingerprint density at radius 1 is 0.613 bits per heavy atom. The van der Waals surface area contributed by atoms with E-state index in [0.717, 1.165) is 13.0 Å². The van der Waals surface area contributed by atoms with Gasteiger partial charge < -0.3 is 67.1 Å². The summed E-state index contributed by atoms with van der Waals surface area (Å²) in [5.41, 5.74) is -7.98. The fourth-order valence-electron chi connectivity index (χ4n) is 11.7. The zero-order valence-electron chi connectivity index (χ0n) is 43.6. The molecule has 7 aliphatic rings. The number of carbonyl (C=O) groups excluding carboxylic acids is 8. The van der Waals surface area contributed by atoms with Crippen LogP contribution >= 0.6 is 0 Å². The van der Waals surface area contributed by atoms with Crippen molar-refractivity contribution in [3.8, 4) is 5.75 Å². The lowest BCUT2D eigenvalue weighted by Gasteiger charge is -2.55. The second-order valence-corrected chi connectivity index (χ2v) is 20.8. The number of carbonyl (C=O) groups is 8. The molecule has 5 fully saturated rings. The van der Waals surface area contributed by atoms with Crippen LogP contribution in [0.15, 0.2) is 35.4 Å². The van der Waals surface area contributed by atoms with Gasteiger partial charge in [-0.05, 0) is 59.6 Å². The smallest absolute Gasteiger partial charge is 0.308 e. The molecule has 8 rings (SSSR count). The molecule has 1 saturated carbocycles. The molecule has 3 aliphatic carbocycles. The number of rotatable bonds is 12. The monoisotopic (exact) mass is 1050 g/mol. The highest BCUT2D eigenvalue weighted by Gasteiger charge is 2.69. The van der Waals surface area contributed by atoms with E-state index in [2.05, 4.69) is 0 Å². The van der Waals surface area contributed by atoms with Gasteiger partial charge in [0.05, 0.1) is 53.4 Å². The van der Waals surface area contributed by atoms with Crippen molar-refractivity contribution in [3.63, 3.8) is 0 Å². The van der Waals surface area contributed by atoms with E-state index < -0.39 is 168 Å². The molecule has 4 saturated heterocycles. The molecule has 0 aromatic heterocycles. The fraction of sp³-hybridized carbons (Fsp3) is 0.660. The molecule has 410 valence electrons. The third-order valence-electron chi connectivity index (χ3n) is 14.7. The summed E-state index contributed by atoms with van der Waals surface area (Å²) in [6.45, 7) is 14.2. The third-order valence-corrected chi connectivity index (χ3v) is 14.7. The van der Waals surface area contributed by atoms with Gasteiger partial charge >= 0.3 is 29.8 Å². The average Bonchev–Trinajstić information content (AvgIpc) is 3.28. The molecule has 1 aromatic carbocycles.